The molecular weight excluding hydrogens is 423 g/mol. The van der Waals surface area contributed by atoms with E-state index < -0.39 is 5.91 Å². The zero-order chi connectivity index (χ0) is 21.7. The molecule has 0 saturated heterocycles. The lowest BCUT2D eigenvalue weighted by molar-refractivity contribution is -0.116. The average molecular weight is 445 g/mol. The molecule has 1 aromatic heterocycles. The Balaban J connectivity index is 1.77. The fraction of sp³-hybridized carbons (Fsp3) is 0.227. The van der Waals surface area contributed by atoms with Crippen molar-refractivity contribution in [2.24, 2.45) is 0 Å². The minimum Gasteiger partial charge on any atom is -0.331 e. The lowest BCUT2D eigenvalue weighted by atomic mass is 10.1. The second-order valence-corrected chi connectivity index (χ2v) is 7.71. The Morgan fingerprint density at radius 2 is 1.83 bits per heavy atom. The van der Waals surface area contributed by atoms with Crippen LogP contribution < -0.4 is 10.6 Å². The summed E-state index contributed by atoms with van der Waals surface area (Å²) in [6, 6.07) is 10.5. The number of hydrogen-bond acceptors (Lipinski definition) is 3. The Hall–Kier alpha value is -2.83. The number of amides is 2. The molecule has 3 rings (SSSR count). The number of aromatic nitrogens is 2. The van der Waals surface area contributed by atoms with Gasteiger partial charge in [0, 0.05) is 36.1 Å². The van der Waals surface area contributed by atoms with E-state index in [2.05, 4.69) is 15.6 Å². The first-order valence-corrected chi connectivity index (χ1v) is 10.3. The number of hydrogen-bond donors (Lipinski definition) is 2. The molecule has 0 atom stereocenters. The van der Waals surface area contributed by atoms with E-state index in [-0.39, 0.29) is 22.2 Å². The monoisotopic (exact) mass is 444 g/mol. The van der Waals surface area contributed by atoms with Gasteiger partial charge in [-0.15, -0.1) is 0 Å². The molecule has 1 heterocycles. The lowest BCUT2D eigenvalue weighted by Crippen LogP contribution is -2.18. The van der Waals surface area contributed by atoms with Gasteiger partial charge in [0.15, 0.2) is 0 Å². The minimum absolute atomic E-state index is 0.204. The van der Waals surface area contributed by atoms with Crippen molar-refractivity contribution in [2.45, 2.75) is 33.2 Å². The Labute approximate surface area is 185 Å². The van der Waals surface area contributed by atoms with E-state index in [1.165, 1.54) is 12.1 Å². The van der Waals surface area contributed by atoms with Crippen molar-refractivity contribution in [3.63, 3.8) is 0 Å². The van der Waals surface area contributed by atoms with E-state index in [4.69, 9.17) is 23.2 Å². The van der Waals surface area contributed by atoms with Crippen molar-refractivity contribution >= 4 is 46.4 Å². The van der Waals surface area contributed by atoms with Crippen LogP contribution in [-0.4, -0.2) is 21.4 Å². The highest BCUT2D eigenvalue weighted by Crippen LogP contribution is 2.31. The number of nitrogens with one attached hydrogen (secondary N) is 2. The number of imidazole rings is 1. The van der Waals surface area contributed by atoms with Crippen molar-refractivity contribution in [2.75, 3.05) is 10.6 Å². The third-order valence-corrected chi connectivity index (χ3v) is 5.05. The third-order valence-electron chi connectivity index (χ3n) is 4.53. The van der Waals surface area contributed by atoms with Crippen LogP contribution >= 0.6 is 23.2 Å². The molecule has 2 amide bonds. The molecule has 2 aromatic carbocycles. The van der Waals surface area contributed by atoms with Crippen LogP contribution in [0.25, 0.3) is 0 Å². The molecule has 0 aliphatic heterocycles. The van der Waals surface area contributed by atoms with Crippen LogP contribution in [0.15, 0.2) is 48.8 Å². The van der Waals surface area contributed by atoms with Gasteiger partial charge in [-0.1, -0.05) is 42.3 Å². The van der Waals surface area contributed by atoms with Gasteiger partial charge in [-0.25, -0.2) is 4.98 Å². The summed E-state index contributed by atoms with van der Waals surface area (Å²) < 4.78 is 2.03. The summed E-state index contributed by atoms with van der Waals surface area (Å²) in [6.45, 7) is 4.54. The molecule has 0 radical (unpaired) electrons. The molecular formula is C22H22Cl2N4O2. The van der Waals surface area contributed by atoms with Crippen molar-refractivity contribution in [1.82, 2.24) is 9.55 Å². The van der Waals surface area contributed by atoms with Crippen molar-refractivity contribution < 1.29 is 9.59 Å². The third kappa shape index (κ3) is 5.40. The number of aryl methyl sites for hydroxylation is 1. The predicted octanol–water partition coefficient (Wildman–Crippen LogP) is 5.54. The fourth-order valence-corrected chi connectivity index (χ4v) is 3.51. The van der Waals surface area contributed by atoms with Crippen LogP contribution in [0.5, 0.6) is 0 Å². The smallest absolute Gasteiger partial charge is 0.257 e. The largest absolute Gasteiger partial charge is 0.331 e. The zero-order valence-corrected chi connectivity index (χ0v) is 18.2. The van der Waals surface area contributed by atoms with Gasteiger partial charge >= 0.3 is 0 Å². The number of halogens is 2. The zero-order valence-electron chi connectivity index (χ0n) is 16.7. The molecule has 0 fully saturated rings. The van der Waals surface area contributed by atoms with Crippen molar-refractivity contribution in [3.05, 3.63) is 75.8 Å². The van der Waals surface area contributed by atoms with Gasteiger partial charge < -0.3 is 15.2 Å². The molecule has 8 heteroatoms. The van der Waals surface area contributed by atoms with Gasteiger partial charge in [-0.05, 0) is 43.2 Å². The second kappa shape index (κ2) is 9.78. The summed E-state index contributed by atoms with van der Waals surface area (Å²) in [7, 11) is 0. The van der Waals surface area contributed by atoms with Crippen molar-refractivity contribution in [1.29, 1.82) is 0 Å². The van der Waals surface area contributed by atoms with E-state index in [9.17, 15) is 9.59 Å². The maximum atomic E-state index is 12.9. The Morgan fingerprint density at radius 1 is 1.10 bits per heavy atom. The maximum absolute atomic E-state index is 12.9. The topological polar surface area (TPSA) is 76.0 Å². The molecule has 3 aromatic rings. The number of benzene rings is 2. The normalized spacial score (nSPS) is 10.7. The van der Waals surface area contributed by atoms with E-state index in [1.807, 2.05) is 48.9 Å². The number of rotatable bonds is 7. The molecule has 30 heavy (non-hydrogen) atoms. The van der Waals surface area contributed by atoms with E-state index >= 15 is 0 Å². The van der Waals surface area contributed by atoms with Crippen LogP contribution in [0.3, 0.4) is 0 Å². The van der Waals surface area contributed by atoms with Crippen LogP contribution in [0.4, 0.5) is 11.4 Å². The van der Waals surface area contributed by atoms with E-state index in [1.54, 1.807) is 6.20 Å². The fourth-order valence-electron chi connectivity index (χ4n) is 2.97. The summed E-state index contributed by atoms with van der Waals surface area (Å²) in [5.41, 5.74) is 2.15. The van der Waals surface area contributed by atoms with Gasteiger partial charge in [0.1, 0.15) is 5.82 Å². The van der Waals surface area contributed by atoms with E-state index in [0.29, 0.717) is 30.1 Å². The first kappa shape index (κ1) is 21.9. The van der Waals surface area contributed by atoms with Gasteiger partial charge in [0.05, 0.1) is 16.3 Å². The average Bonchev–Trinajstić information content (AvgIpc) is 3.10. The summed E-state index contributed by atoms with van der Waals surface area (Å²) >= 11 is 12.3. The summed E-state index contributed by atoms with van der Waals surface area (Å²) in [5.74, 6) is 0.308. The molecule has 0 unspecified atom stereocenters. The molecule has 6 nitrogen and oxygen atoms in total. The van der Waals surface area contributed by atoms with Crippen LogP contribution in [-0.2, 0) is 11.3 Å². The standard InChI is InChI=1S/C22H22Cl2N4O2/c1-3-4-20(29)27-21-18(11-16(23)12-19(21)24)22(30)26-17-7-5-15(6-8-17)13-28-10-9-25-14(28)2/h5-12H,3-4,13H2,1-2H3,(H,26,30)(H,27,29). The number of carbonyl (C=O) groups is 2. The molecule has 156 valence electrons. The number of anilines is 2. The van der Waals surface area contributed by atoms with Gasteiger partial charge in [0.2, 0.25) is 5.91 Å². The summed E-state index contributed by atoms with van der Waals surface area (Å²) in [5, 5.41) is 6.06. The Kier molecular flexibility index (Phi) is 7.13. The highest BCUT2D eigenvalue weighted by molar-refractivity contribution is 6.38. The maximum Gasteiger partial charge on any atom is 0.257 e. The molecule has 0 bridgehead atoms. The molecule has 0 aliphatic rings. The minimum atomic E-state index is -0.413. The molecule has 0 saturated carbocycles. The molecule has 0 spiro atoms. The first-order chi connectivity index (χ1) is 14.4. The van der Waals surface area contributed by atoms with Crippen LogP contribution in [0.1, 0.15) is 41.5 Å². The molecule has 2 N–H and O–H groups in total. The van der Waals surface area contributed by atoms with Crippen LogP contribution in [0, 0.1) is 6.92 Å². The molecule has 0 aliphatic carbocycles. The van der Waals surface area contributed by atoms with E-state index in [0.717, 1.165) is 11.4 Å². The Bertz CT molecular complexity index is 1060. The van der Waals surface area contributed by atoms with Gasteiger partial charge in [-0.3, -0.25) is 9.59 Å². The second-order valence-electron chi connectivity index (χ2n) is 6.86. The Morgan fingerprint density at radius 3 is 2.47 bits per heavy atom. The number of nitrogens with zero attached hydrogens (tertiary/aromatic N) is 2. The number of carbonyl (C=O) groups excluding carboxylic acids is 2. The lowest BCUT2D eigenvalue weighted by Gasteiger charge is -2.14. The van der Waals surface area contributed by atoms with Gasteiger partial charge in [-0.2, -0.15) is 0 Å². The van der Waals surface area contributed by atoms with Gasteiger partial charge in [0.25, 0.3) is 5.91 Å². The summed E-state index contributed by atoms with van der Waals surface area (Å²) in [4.78, 5) is 29.1. The quantitative estimate of drug-likeness (QED) is 0.502. The highest BCUT2D eigenvalue weighted by atomic mass is 35.5. The van der Waals surface area contributed by atoms with Crippen molar-refractivity contribution in [3.8, 4) is 0 Å². The predicted molar refractivity (Wildman–Crippen MR) is 120 cm³/mol. The summed E-state index contributed by atoms with van der Waals surface area (Å²) in [6.07, 6.45) is 4.70. The first-order valence-electron chi connectivity index (χ1n) is 9.54. The van der Waals surface area contributed by atoms with Crippen LogP contribution in [0.2, 0.25) is 10.0 Å². The SMILES string of the molecule is CCCC(=O)Nc1c(Cl)cc(Cl)cc1C(=O)Nc1ccc(Cn2ccnc2C)cc1. The highest BCUT2D eigenvalue weighted by Gasteiger charge is 2.18.